The molecule has 3 aromatic rings. The smallest absolute Gasteiger partial charge is 0.345 e. The fourth-order valence-electron chi connectivity index (χ4n) is 2.96. The minimum Gasteiger partial charge on any atom is -0.508 e. The number of carbonyl (C=O) groups excluding carboxylic acids is 1. The number of phenolic OH excluding ortho intramolecular Hbond substituents is 1. The summed E-state index contributed by atoms with van der Waals surface area (Å²) in [6.45, 7) is 1.73. The first-order chi connectivity index (χ1) is 13.4. The Kier molecular flexibility index (Phi) is 4.08. The predicted molar refractivity (Wildman–Crippen MR) is 101 cm³/mol. The number of nitrogens with one attached hydrogen (secondary N) is 2. The molecule has 0 aliphatic carbocycles. The Morgan fingerprint density at radius 1 is 1.32 bits per heavy atom. The zero-order valence-electron chi connectivity index (χ0n) is 14.7. The molecule has 0 saturated carbocycles. The Balaban J connectivity index is 1.71. The monoisotopic (exact) mass is 377 g/mol. The lowest BCUT2D eigenvalue weighted by molar-refractivity contribution is -0.134. The van der Waals surface area contributed by atoms with Crippen molar-refractivity contribution in [2.75, 3.05) is 5.32 Å². The van der Waals surface area contributed by atoms with Gasteiger partial charge >= 0.3 is 5.97 Å². The third-order valence-electron chi connectivity index (χ3n) is 4.33. The second kappa shape index (κ2) is 6.58. The van der Waals surface area contributed by atoms with Crippen LogP contribution in [0.3, 0.4) is 0 Å². The number of hydrogen-bond donors (Lipinski definition) is 4. The molecule has 28 heavy (non-hydrogen) atoms. The molecule has 0 radical (unpaired) electrons. The van der Waals surface area contributed by atoms with Gasteiger partial charge < -0.3 is 25.3 Å². The number of aliphatic carboxylic acids is 1. The van der Waals surface area contributed by atoms with E-state index in [0.717, 1.165) is 5.39 Å². The number of ether oxygens (including phenoxy) is 1. The normalized spacial score (nSPS) is 15.3. The summed E-state index contributed by atoms with van der Waals surface area (Å²) in [4.78, 5) is 31.4. The molecule has 3 heterocycles. The van der Waals surface area contributed by atoms with Gasteiger partial charge in [-0.1, -0.05) is 0 Å². The van der Waals surface area contributed by atoms with E-state index in [-0.39, 0.29) is 17.4 Å². The first-order valence-corrected chi connectivity index (χ1v) is 8.34. The van der Waals surface area contributed by atoms with Crippen LogP contribution in [-0.2, 0) is 14.3 Å². The number of anilines is 1. The highest BCUT2D eigenvalue weighted by Gasteiger charge is 2.36. The molecule has 2 aromatic heterocycles. The minimum atomic E-state index is -1.40. The van der Waals surface area contributed by atoms with Crippen molar-refractivity contribution in [1.29, 1.82) is 0 Å². The molecule has 1 aliphatic heterocycles. The number of fused-ring (bicyclic) bond motifs is 1. The van der Waals surface area contributed by atoms with Crippen LogP contribution in [0.15, 0.2) is 59.9 Å². The second-order valence-electron chi connectivity index (χ2n) is 6.22. The molecule has 1 aliphatic rings. The number of H-pyrrole nitrogens is 1. The van der Waals surface area contributed by atoms with Gasteiger partial charge in [0.1, 0.15) is 11.4 Å². The third-order valence-corrected chi connectivity index (χ3v) is 4.33. The molecule has 0 fully saturated rings. The summed E-state index contributed by atoms with van der Waals surface area (Å²) in [6, 6.07) is 8.11. The van der Waals surface area contributed by atoms with Gasteiger partial charge in [0.25, 0.3) is 0 Å². The van der Waals surface area contributed by atoms with E-state index in [2.05, 4.69) is 15.3 Å². The van der Waals surface area contributed by atoms with Gasteiger partial charge in [-0.2, -0.15) is 0 Å². The summed E-state index contributed by atoms with van der Waals surface area (Å²) in [5, 5.41) is 22.6. The Morgan fingerprint density at radius 2 is 2.14 bits per heavy atom. The molecule has 4 rings (SSSR count). The lowest BCUT2D eigenvalue weighted by atomic mass is 10.1. The number of aromatic amines is 1. The van der Waals surface area contributed by atoms with Crippen molar-refractivity contribution in [3.05, 3.63) is 71.1 Å². The predicted octanol–water partition coefficient (Wildman–Crippen LogP) is 2.93. The lowest BCUT2D eigenvalue weighted by Crippen LogP contribution is -2.12. The number of carbonyl (C=O) groups is 2. The van der Waals surface area contributed by atoms with Crippen molar-refractivity contribution in [2.24, 2.45) is 0 Å². The van der Waals surface area contributed by atoms with Crippen molar-refractivity contribution < 1.29 is 24.5 Å². The number of aromatic nitrogens is 2. The van der Waals surface area contributed by atoms with Gasteiger partial charge in [0.15, 0.2) is 11.3 Å². The lowest BCUT2D eigenvalue weighted by Gasteiger charge is -2.11. The maximum atomic E-state index is 12.6. The summed E-state index contributed by atoms with van der Waals surface area (Å²) in [5.41, 5.74) is 1.98. The number of phenols is 1. The molecular weight excluding hydrogens is 362 g/mol. The quantitative estimate of drug-likeness (QED) is 0.313. The van der Waals surface area contributed by atoms with Crippen LogP contribution in [0.1, 0.15) is 11.1 Å². The molecule has 0 atom stereocenters. The van der Waals surface area contributed by atoms with E-state index >= 15 is 0 Å². The van der Waals surface area contributed by atoms with Crippen molar-refractivity contribution in [1.82, 2.24) is 9.97 Å². The van der Waals surface area contributed by atoms with E-state index < -0.39 is 17.3 Å². The molecule has 0 spiro atoms. The molecule has 1 aromatic carbocycles. The fourth-order valence-corrected chi connectivity index (χ4v) is 2.96. The van der Waals surface area contributed by atoms with Gasteiger partial charge in [0.05, 0.1) is 0 Å². The molecule has 4 N–H and O–H groups in total. The maximum Gasteiger partial charge on any atom is 0.345 e. The van der Waals surface area contributed by atoms with Gasteiger partial charge in [0, 0.05) is 29.0 Å². The number of nitrogens with zero attached hydrogens (tertiary/aromatic N) is 1. The molecule has 8 heteroatoms. The van der Waals surface area contributed by atoms with E-state index in [1.54, 1.807) is 31.5 Å². The number of carboxylic acids is 1. The van der Waals surface area contributed by atoms with E-state index in [1.165, 1.54) is 18.2 Å². The number of carboxylic acid groups (broad SMARTS) is 1. The molecule has 0 amide bonds. The summed E-state index contributed by atoms with van der Waals surface area (Å²) >= 11 is 0. The Morgan fingerprint density at radius 3 is 2.89 bits per heavy atom. The van der Waals surface area contributed by atoms with Crippen LogP contribution in [0, 0.1) is 6.92 Å². The largest absolute Gasteiger partial charge is 0.508 e. The van der Waals surface area contributed by atoms with E-state index in [0.29, 0.717) is 22.5 Å². The van der Waals surface area contributed by atoms with E-state index in [1.807, 2.05) is 6.07 Å². The molecule has 8 nitrogen and oxygen atoms in total. The topological polar surface area (TPSA) is 125 Å². The number of hydrogen-bond acceptors (Lipinski definition) is 6. The first-order valence-electron chi connectivity index (χ1n) is 8.34. The number of aromatic hydroxyl groups is 1. The van der Waals surface area contributed by atoms with Gasteiger partial charge in [-0.3, -0.25) is 4.79 Å². The van der Waals surface area contributed by atoms with E-state index in [4.69, 9.17) is 4.74 Å². The fraction of sp³-hybridized carbons (Fsp3) is 0.0500. The number of Topliss-reactive ketones (excluding diaryl/α,β-unsaturated/α-hetero) is 1. The average Bonchev–Trinajstić information content (AvgIpc) is 3.19. The standard InChI is InChI=1S/C20H15N3O5/c1-10-7-12(24)4-5-14(10)23-19-16(20(26)27)17(25)15(28-19)8-11-9-22-18-13(11)3-2-6-21-18/h2-9,23-24H,1H3,(H,21,22)(H,26,27). The van der Waals surface area contributed by atoms with Crippen LogP contribution in [0.2, 0.25) is 0 Å². The number of benzene rings is 1. The Bertz CT molecular complexity index is 1190. The summed E-state index contributed by atoms with van der Waals surface area (Å²) in [5.74, 6) is -2.33. The van der Waals surface area contributed by atoms with Crippen molar-refractivity contribution in [3.63, 3.8) is 0 Å². The molecule has 0 bridgehead atoms. The van der Waals surface area contributed by atoms with Crippen LogP contribution in [-0.4, -0.2) is 31.9 Å². The first kappa shape index (κ1) is 17.3. The molecule has 0 unspecified atom stereocenters. The SMILES string of the molecule is Cc1cc(O)ccc1NC1=C(C(=O)O)C(=O)C(=Cc2c[nH]c3ncccc23)O1. The van der Waals surface area contributed by atoms with Crippen molar-refractivity contribution in [2.45, 2.75) is 6.92 Å². The summed E-state index contributed by atoms with van der Waals surface area (Å²) < 4.78 is 5.56. The third kappa shape index (κ3) is 2.96. The van der Waals surface area contributed by atoms with Gasteiger partial charge in [-0.25, -0.2) is 9.78 Å². The molecular formula is C20H15N3O5. The highest BCUT2D eigenvalue weighted by atomic mass is 16.5. The summed E-state index contributed by atoms with van der Waals surface area (Å²) in [7, 11) is 0. The summed E-state index contributed by atoms with van der Waals surface area (Å²) in [6.07, 6.45) is 4.78. The van der Waals surface area contributed by atoms with Crippen LogP contribution in [0.5, 0.6) is 5.75 Å². The van der Waals surface area contributed by atoms with Gasteiger partial charge in [-0.15, -0.1) is 0 Å². The van der Waals surface area contributed by atoms with Crippen LogP contribution >= 0.6 is 0 Å². The molecule has 140 valence electrons. The second-order valence-corrected chi connectivity index (χ2v) is 6.22. The Labute approximate surface area is 158 Å². The number of pyridine rings is 1. The highest BCUT2D eigenvalue weighted by Crippen LogP contribution is 2.31. The van der Waals surface area contributed by atoms with Gasteiger partial charge in [0.2, 0.25) is 11.7 Å². The van der Waals surface area contributed by atoms with Crippen molar-refractivity contribution in [3.8, 4) is 5.75 Å². The van der Waals surface area contributed by atoms with Crippen LogP contribution < -0.4 is 5.32 Å². The van der Waals surface area contributed by atoms with Crippen LogP contribution in [0.25, 0.3) is 17.1 Å². The Hall–Kier alpha value is -4.07. The average molecular weight is 377 g/mol. The minimum absolute atomic E-state index is 0.0763. The molecule has 0 saturated heterocycles. The maximum absolute atomic E-state index is 12.6. The highest BCUT2D eigenvalue weighted by molar-refractivity contribution is 6.26. The number of rotatable bonds is 4. The number of allylic oxidation sites excluding steroid dienone is 1. The van der Waals surface area contributed by atoms with Crippen molar-refractivity contribution >= 4 is 34.5 Å². The number of ketones is 1. The number of aryl methyl sites for hydroxylation is 1. The van der Waals surface area contributed by atoms with Gasteiger partial charge in [-0.05, 0) is 48.9 Å². The zero-order chi connectivity index (χ0) is 19.8. The zero-order valence-corrected chi connectivity index (χ0v) is 14.7. The van der Waals surface area contributed by atoms with Crippen LogP contribution in [0.4, 0.5) is 5.69 Å². The van der Waals surface area contributed by atoms with E-state index in [9.17, 15) is 19.8 Å².